The Morgan fingerprint density at radius 1 is 1.14 bits per heavy atom. The predicted molar refractivity (Wildman–Crippen MR) is 110 cm³/mol. The van der Waals surface area contributed by atoms with Crippen LogP contribution in [0.3, 0.4) is 0 Å². The number of benzene rings is 1. The molecule has 3 heterocycles. The Morgan fingerprint density at radius 3 is 2.79 bits per heavy atom. The van der Waals surface area contributed by atoms with E-state index in [2.05, 4.69) is 9.80 Å². The molecule has 0 unspecified atom stereocenters. The summed E-state index contributed by atoms with van der Waals surface area (Å²) in [6.45, 7) is 7.27. The molecule has 3 aliphatic rings. The highest BCUT2D eigenvalue weighted by Crippen LogP contribution is 2.33. The topological polar surface area (TPSA) is 42.0 Å². The number of amides is 1. The molecule has 1 aromatic rings. The average molecular weight is 387 g/mol. The molecule has 0 bridgehead atoms. The van der Waals surface area contributed by atoms with Gasteiger partial charge in [-0.25, -0.2) is 0 Å². The normalized spacial score (nSPS) is 26.7. The Morgan fingerprint density at radius 2 is 1.96 bits per heavy atom. The van der Waals surface area contributed by atoms with Crippen molar-refractivity contribution in [3.05, 3.63) is 29.8 Å². The van der Waals surface area contributed by atoms with E-state index in [9.17, 15) is 4.79 Å². The third-order valence-corrected chi connectivity index (χ3v) is 6.75. The molecule has 3 saturated heterocycles. The van der Waals surface area contributed by atoms with Gasteiger partial charge in [0, 0.05) is 38.4 Å². The lowest BCUT2D eigenvalue weighted by atomic mass is 9.96. The van der Waals surface area contributed by atoms with Gasteiger partial charge in [0.15, 0.2) is 0 Å². The molecule has 2 atom stereocenters. The number of likely N-dealkylation sites (tertiary alicyclic amines) is 2. The van der Waals surface area contributed by atoms with Gasteiger partial charge in [-0.15, -0.1) is 0 Å². The fraction of sp³-hybridized carbons (Fsp3) is 0.696. The monoisotopic (exact) mass is 386 g/mol. The minimum atomic E-state index is 0.244. The molecule has 0 aliphatic carbocycles. The minimum absolute atomic E-state index is 0.244. The molecule has 3 fully saturated rings. The zero-order valence-electron chi connectivity index (χ0n) is 17.1. The van der Waals surface area contributed by atoms with Crippen molar-refractivity contribution in [2.24, 2.45) is 5.92 Å². The van der Waals surface area contributed by atoms with Crippen LogP contribution in [0.1, 0.15) is 44.1 Å². The fourth-order valence-electron chi connectivity index (χ4n) is 5.18. The number of ether oxygens (including phenoxy) is 2. The van der Waals surface area contributed by atoms with Crippen LogP contribution in [-0.2, 0) is 9.53 Å². The molecule has 1 amide bonds. The van der Waals surface area contributed by atoms with Crippen molar-refractivity contribution in [2.75, 3.05) is 39.5 Å². The van der Waals surface area contributed by atoms with Crippen molar-refractivity contribution in [1.82, 2.24) is 9.80 Å². The lowest BCUT2D eigenvalue weighted by Gasteiger charge is -2.39. The fourth-order valence-corrected chi connectivity index (χ4v) is 5.18. The maximum atomic E-state index is 12.8. The van der Waals surface area contributed by atoms with Gasteiger partial charge in [-0.05, 0) is 56.7 Å². The SMILES string of the molecule is Cc1ccccc1OCCC(=O)N1C[C@@H]2CCCCN(C3CCOCC3)[C@@H]2C1. The van der Waals surface area contributed by atoms with E-state index < -0.39 is 0 Å². The van der Waals surface area contributed by atoms with Gasteiger partial charge in [0.25, 0.3) is 0 Å². The zero-order valence-corrected chi connectivity index (χ0v) is 17.1. The van der Waals surface area contributed by atoms with E-state index in [1.54, 1.807) is 0 Å². The van der Waals surface area contributed by atoms with Crippen LogP contribution in [0, 0.1) is 12.8 Å². The summed E-state index contributed by atoms with van der Waals surface area (Å²) in [4.78, 5) is 17.7. The van der Waals surface area contributed by atoms with Gasteiger partial charge in [0.2, 0.25) is 5.91 Å². The number of rotatable bonds is 5. The van der Waals surface area contributed by atoms with Crippen LogP contribution in [-0.4, -0.2) is 67.2 Å². The van der Waals surface area contributed by atoms with Crippen LogP contribution in [0.15, 0.2) is 24.3 Å². The van der Waals surface area contributed by atoms with Gasteiger partial charge in [-0.3, -0.25) is 9.69 Å². The smallest absolute Gasteiger partial charge is 0.226 e. The molecule has 1 aromatic carbocycles. The lowest BCUT2D eigenvalue weighted by Crippen LogP contribution is -2.49. The van der Waals surface area contributed by atoms with Crippen LogP contribution in [0.2, 0.25) is 0 Å². The first kappa shape index (κ1) is 19.7. The van der Waals surface area contributed by atoms with Crippen LogP contribution >= 0.6 is 0 Å². The van der Waals surface area contributed by atoms with Crippen molar-refractivity contribution in [2.45, 2.75) is 57.5 Å². The summed E-state index contributed by atoms with van der Waals surface area (Å²) in [5, 5.41) is 0. The highest BCUT2D eigenvalue weighted by atomic mass is 16.5. The Kier molecular flexibility index (Phi) is 6.53. The maximum Gasteiger partial charge on any atom is 0.226 e. The summed E-state index contributed by atoms with van der Waals surface area (Å²) in [5.74, 6) is 1.76. The van der Waals surface area contributed by atoms with E-state index in [0.29, 0.717) is 31.0 Å². The van der Waals surface area contributed by atoms with Crippen molar-refractivity contribution in [3.8, 4) is 5.75 Å². The van der Waals surface area contributed by atoms with Crippen LogP contribution < -0.4 is 4.74 Å². The molecule has 3 aliphatic heterocycles. The number of hydrogen-bond acceptors (Lipinski definition) is 4. The third-order valence-electron chi connectivity index (χ3n) is 6.75. The number of carbonyl (C=O) groups is 1. The Hall–Kier alpha value is -1.59. The second kappa shape index (κ2) is 9.27. The molecule has 0 aromatic heterocycles. The predicted octanol–water partition coefficient (Wildman–Crippen LogP) is 3.26. The molecule has 5 heteroatoms. The highest BCUT2D eigenvalue weighted by molar-refractivity contribution is 5.76. The van der Waals surface area contributed by atoms with Gasteiger partial charge < -0.3 is 14.4 Å². The van der Waals surface area contributed by atoms with Crippen molar-refractivity contribution in [1.29, 1.82) is 0 Å². The molecule has 28 heavy (non-hydrogen) atoms. The third kappa shape index (κ3) is 4.52. The highest BCUT2D eigenvalue weighted by Gasteiger charge is 2.41. The van der Waals surface area contributed by atoms with E-state index >= 15 is 0 Å². The number of carbonyl (C=O) groups excluding carboxylic acids is 1. The summed E-state index contributed by atoms with van der Waals surface area (Å²) < 4.78 is 11.4. The van der Waals surface area contributed by atoms with Gasteiger partial charge in [-0.1, -0.05) is 24.6 Å². The lowest BCUT2D eigenvalue weighted by molar-refractivity contribution is -0.131. The Labute approximate surface area is 169 Å². The van der Waals surface area contributed by atoms with Gasteiger partial charge in [-0.2, -0.15) is 0 Å². The molecule has 154 valence electrons. The minimum Gasteiger partial charge on any atom is -0.493 e. The van der Waals surface area contributed by atoms with E-state index in [1.807, 2.05) is 31.2 Å². The average Bonchev–Trinajstić information content (AvgIpc) is 3.04. The van der Waals surface area contributed by atoms with Gasteiger partial charge >= 0.3 is 0 Å². The summed E-state index contributed by atoms with van der Waals surface area (Å²) in [7, 11) is 0. The second-order valence-electron chi connectivity index (χ2n) is 8.57. The first-order valence-electron chi connectivity index (χ1n) is 11.0. The summed E-state index contributed by atoms with van der Waals surface area (Å²) in [5.41, 5.74) is 1.12. The summed E-state index contributed by atoms with van der Waals surface area (Å²) >= 11 is 0. The van der Waals surface area contributed by atoms with E-state index in [4.69, 9.17) is 9.47 Å². The molecule has 0 N–H and O–H groups in total. The molecule has 0 spiro atoms. The van der Waals surface area contributed by atoms with Crippen LogP contribution in [0.5, 0.6) is 5.75 Å². The van der Waals surface area contributed by atoms with E-state index in [0.717, 1.165) is 50.5 Å². The van der Waals surface area contributed by atoms with E-state index in [1.165, 1.54) is 25.8 Å². The number of aryl methyl sites for hydroxylation is 1. The Bertz CT molecular complexity index is 659. The number of fused-ring (bicyclic) bond motifs is 1. The zero-order chi connectivity index (χ0) is 19.3. The summed E-state index contributed by atoms with van der Waals surface area (Å²) in [6, 6.07) is 9.16. The van der Waals surface area contributed by atoms with E-state index in [-0.39, 0.29) is 5.91 Å². The standard InChI is InChI=1S/C23H34N2O3/c1-18-6-2-3-8-22(18)28-15-11-23(26)24-16-19-7-4-5-12-25(21(19)17-24)20-9-13-27-14-10-20/h2-3,6,8,19-21H,4-5,7,9-17H2,1H3/t19-,21+/m0/s1. The maximum absolute atomic E-state index is 12.8. The number of nitrogens with zero attached hydrogens (tertiary/aromatic N) is 2. The first-order valence-corrected chi connectivity index (χ1v) is 11.0. The second-order valence-corrected chi connectivity index (χ2v) is 8.57. The Balaban J connectivity index is 1.32. The largest absolute Gasteiger partial charge is 0.493 e. The van der Waals surface area contributed by atoms with Crippen molar-refractivity contribution in [3.63, 3.8) is 0 Å². The molecular weight excluding hydrogens is 352 g/mol. The molecule has 5 nitrogen and oxygen atoms in total. The quantitative estimate of drug-likeness (QED) is 0.779. The summed E-state index contributed by atoms with van der Waals surface area (Å²) in [6.07, 6.45) is 6.59. The molecule has 0 saturated carbocycles. The van der Waals surface area contributed by atoms with Crippen molar-refractivity contribution < 1.29 is 14.3 Å². The molecular formula is C23H34N2O3. The number of para-hydroxylation sites is 1. The molecule has 4 rings (SSSR count). The van der Waals surface area contributed by atoms with Crippen molar-refractivity contribution >= 4 is 5.91 Å². The van der Waals surface area contributed by atoms with Crippen LogP contribution in [0.25, 0.3) is 0 Å². The van der Waals surface area contributed by atoms with Crippen LogP contribution in [0.4, 0.5) is 0 Å². The number of hydrogen-bond donors (Lipinski definition) is 0. The van der Waals surface area contributed by atoms with Gasteiger partial charge in [0.1, 0.15) is 5.75 Å². The molecule has 0 radical (unpaired) electrons. The first-order chi connectivity index (χ1) is 13.7. The van der Waals surface area contributed by atoms with Gasteiger partial charge in [0.05, 0.1) is 13.0 Å².